The van der Waals surface area contributed by atoms with Crippen molar-refractivity contribution in [1.82, 2.24) is 0 Å². The van der Waals surface area contributed by atoms with E-state index in [1.165, 1.54) is 0 Å². The quantitative estimate of drug-likeness (QED) is 0.462. The van der Waals surface area contributed by atoms with Crippen LogP contribution in [0, 0.1) is 0 Å². The molecule has 31 heavy (non-hydrogen) atoms. The van der Waals surface area contributed by atoms with Crippen LogP contribution in [0.4, 0.5) is 0 Å². The topological polar surface area (TPSA) is 74.2 Å². The van der Waals surface area contributed by atoms with E-state index in [4.69, 9.17) is 19.1 Å². The van der Waals surface area contributed by atoms with Crippen LogP contribution in [-0.2, 0) is 9.53 Å². The molecular weight excluding hydrogens is 514 g/mol. The van der Waals surface area contributed by atoms with E-state index in [1.54, 1.807) is 0 Å². The predicted molar refractivity (Wildman–Crippen MR) is 121 cm³/mol. The number of ether oxygens (including phenoxy) is 1. The first-order valence-corrected chi connectivity index (χ1v) is 13.7. The van der Waals surface area contributed by atoms with Crippen LogP contribution in [0.25, 0.3) is 0 Å². The van der Waals surface area contributed by atoms with Gasteiger partial charge in [-0.25, -0.2) is 4.79 Å². The molecule has 1 N–H and O–H groups in total. The molecule has 8 heteroatoms. The maximum atomic E-state index is 10.1. The summed E-state index contributed by atoms with van der Waals surface area (Å²) < 4.78 is 22.8. The normalized spacial score (nSPS) is 14.5. The predicted octanol–water partition coefficient (Wildman–Crippen LogP) is 3.81. The number of hydrogen-bond acceptors (Lipinski definition) is 5. The molecule has 3 aromatic carbocycles. The molecule has 0 saturated carbocycles. The number of carbonyl (C=O) groups is 1. The minimum atomic E-state index is -3.20. The van der Waals surface area contributed by atoms with Crippen LogP contribution in [0.15, 0.2) is 91.0 Å². The summed E-state index contributed by atoms with van der Waals surface area (Å²) in [6.07, 6.45) is 1.04. The monoisotopic (exact) mass is 539 g/mol. The van der Waals surface area contributed by atoms with Gasteiger partial charge in [0.15, 0.2) is 6.10 Å². The molecule has 0 spiro atoms. The minimum absolute atomic E-state index is 0. The van der Waals surface area contributed by atoms with Gasteiger partial charge in [0.05, 0.1) is 0 Å². The first kappa shape index (κ1) is 25.5. The van der Waals surface area contributed by atoms with Gasteiger partial charge in [-0.3, -0.25) is 0 Å². The van der Waals surface area contributed by atoms with Crippen LogP contribution in [0.3, 0.4) is 0 Å². The van der Waals surface area contributed by atoms with Crippen molar-refractivity contribution >= 4 is 56.5 Å². The molecule has 0 aliphatic carbocycles. The van der Waals surface area contributed by atoms with Crippen molar-refractivity contribution in [3.63, 3.8) is 0 Å². The Hall–Kier alpha value is -1.71. The Balaban J connectivity index is 0.000000322. The molecule has 6 nitrogen and oxygen atoms in total. The van der Waals surface area contributed by atoms with E-state index in [2.05, 4.69) is 0 Å². The number of benzene rings is 3. The van der Waals surface area contributed by atoms with Gasteiger partial charge in [0, 0.05) is 36.2 Å². The van der Waals surface area contributed by atoms with Gasteiger partial charge >= 0.3 is 144 Å². The molecule has 157 valence electrons. The summed E-state index contributed by atoms with van der Waals surface area (Å²) in [5, 5.41) is 8.29. The summed E-state index contributed by atoms with van der Waals surface area (Å²) in [7, 11) is 0. The zero-order chi connectivity index (χ0) is 21.0. The van der Waals surface area contributed by atoms with E-state index < -0.39 is 33.1 Å². The summed E-state index contributed by atoms with van der Waals surface area (Å²) in [6.45, 7) is 0.608. The van der Waals surface area contributed by atoms with Gasteiger partial charge in [-0.2, -0.15) is 0 Å². The van der Waals surface area contributed by atoms with Crippen LogP contribution in [0.5, 0.6) is 17.2 Å². The van der Waals surface area contributed by atoms with Crippen LogP contribution in [0.1, 0.15) is 12.8 Å². The van der Waals surface area contributed by atoms with Crippen molar-refractivity contribution < 1.29 is 23.9 Å². The van der Waals surface area contributed by atoms with Crippen molar-refractivity contribution in [2.24, 2.45) is 0 Å². The second-order valence-electron chi connectivity index (χ2n) is 6.42. The van der Waals surface area contributed by atoms with E-state index >= 15 is 0 Å². The first-order chi connectivity index (χ1) is 14.7. The molecule has 1 saturated heterocycles. The van der Waals surface area contributed by atoms with Gasteiger partial charge in [0.2, 0.25) is 0 Å². The van der Waals surface area contributed by atoms with E-state index in [-0.39, 0.29) is 29.6 Å². The van der Waals surface area contributed by atoms with Crippen molar-refractivity contribution in [3.8, 4) is 17.2 Å². The Morgan fingerprint density at radius 1 is 0.774 bits per heavy atom. The van der Waals surface area contributed by atoms with Crippen LogP contribution < -0.4 is 9.22 Å². The molecule has 1 aliphatic rings. The number of carboxylic acids is 1. The summed E-state index contributed by atoms with van der Waals surface area (Å²) >= 11 is -3.20. The number of rotatable bonds is 7. The number of aliphatic carboxylic acids is 1. The molecule has 1 fully saturated rings. The third-order valence-corrected chi connectivity index (χ3v) is 8.11. The second kappa shape index (κ2) is 14.4. The SMILES string of the molecule is O=C(O)C1CCCO1.[Na].c1ccc([O][SnH]([O]c2ccccc2)[O]c2ccccc2)cc1. The molecule has 1 aliphatic heterocycles. The average molecular weight is 538 g/mol. The van der Waals surface area contributed by atoms with E-state index in [1.807, 2.05) is 91.0 Å². The van der Waals surface area contributed by atoms with Crippen LogP contribution >= 0.6 is 0 Å². The van der Waals surface area contributed by atoms with E-state index in [0.717, 1.165) is 23.7 Å². The Kier molecular flexibility index (Phi) is 11.8. The Bertz CT molecular complexity index is 778. The van der Waals surface area contributed by atoms with Gasteiger partial charge in [0.1, 0.15) is 0 Å². The van der Waals surface area contributed by atoms with Gasteiger partial charge < -0.3 is 9.84 Å². The zero-order valence-electron chi connectivity index (χ0n) is 17.4. The fraction of sp³-hybridized carbons (Fsp3) is 0.174. The number of carboxylic acid groups (broad SMARTS) is 1. The number of hydrogen-bond donors (Lipinski definition) is 1. The third-order valence-electron chi connectivity index (χ3n) is 4.13. The summed E-state index contributed by atoms with van der Waals surface area (Å²) in [5.74, 6) is 1.49. The second-order valence-corrected chi connectivity index (χ2v) is 10.1. The van der Waals surface area contributed by atoms with Crippen molar-refractivity contribution in [2.45, 2.75) is 18.9 Å². The Morgan fingerprint density at radius 2 is 1.16 bits per heavy atom. The van der Waals surface area contributed by atoms with E-state index in [0.29, 0.717) is 13.0 Å². The molecular formula is C23H24NaO6Sn. The first-order valence-electron chi connectivity index (χ1n) is 9.70. The van der Waals surface area contributed by atoms with Gasteiger partial charge in [-0.1, -0.05) is 0 Å². The molecule has 4 rings (SSSR count). The van der Waals surface area contributed by atoms with Gasteiger partial charge in [-0.15, -0.1) is 0 Å². The maximum absolute atomic E-state index is 10.1. The molecule has 0 bridgehead atoms. The molecule has 1 atom stereocenters. The zero-order valence-corrected chi connectivity index (χ0v) is 22.7. The van der Waals surface area contributed by atoms with Crippen LogP contribution in [-0.4, -0.2) is 74.3 Å². The van der Waals surface area contributed by atoms with Crippen molar-refractivity contribution in [1.29, 1.82) is 0 Å². The molecule has 0 aromatic heterocycles. The molecule has 3 aromatic rings. The Labute approximate surface area is 212 Å². The average Bonchev–Trinajstić information content (AvgIpc) is 3.32. The molecule has 1 heterocycles. The standard InChI is InChI=1S/3C6H6O.C5H8O3.Na.Sn.H/c3*7-6-4-2-1-3-5-6;6-5(7)4-2-1-3-8-4;;;/h3*1-5,7H;4H,1-3H2,(H,6,7);;;/q;;;;;+3;/p-3. The molecule has 1 radical (unpaired) electrons. The van der Waals surface area contributed by atoms with Crippen molar-refractivity contribution in [3.05, 3.63) is 91.0 Å². The summed E-state index contributed by atoms with van der Waals surface area (Å²) in [6, 6.07) is 28.9. The fourth-order valence-electron chi connectivity index (χ4n) is 2.68. The number of para-hydroxylation sites is 3. The Morgan fingerprint density at radius 3 is 1.42 bits per heavy atom. The molecule has 0 amide bonds. The third kappa shape index (κ3) is 9.53. The van der Waals surface area contributed by atoms with Crippen molar-refractivity contribution in [2.75, 3.05) is 6.61 Å². The fourth-order valence-corrected chi connectivity index (χ4v) is 6.34. The van der Waals surface area contributed by atoms with E-state index in [9.17, 15) is 4.79 Å². The molecule has 1 unspecified atom stereocenters. The summed E-state index contributed by atoms with van der Waals surface area (Å²) in [4.78, 5) is 10.1. The summed E-state index contributed by atoms with van der Waals surface area (Å²) in [5.41, 5.74) is 0. The van der Waals surface area contributed by atoms with Gasteiger partial charge in [-0.05, 0) is 12.8 Å². The van der Waals surface area contributed by atoms with Gasteiger partial charge in [0.25, 0.3) is 0 Å². The van der Waals surface area contributed by atoms with Crippen LogP contribution in [0.2, 0.25) is 0 Å².